The molecule has 170 valence electrons. The topological polar surface area (TPSA) is 97.6 Å². The molecular weight excluding hydrogens is 406 g/mol. The van der Waals surface area contributed by atoms with Crippen LogP contribution in [0.4, 0.5) is 10.6 Å². The third-order valence-electron chi connectivity index (χ3n) is 4.71. The summed E-state index contributed by atoms with van der Waals surface area (Å²) < 4.78 is 6.83. The van der Waals surface area contributed by atoms with Crippen molar-refractivity contribution in [3.63, 3.8) is 0 Å². The maximum atomic E-state index is 12.9. The van der Waals surface area contributed by atoms with Gasteiger partial charge in [-0.05, 0) is 50.5 Å². The van der Waals surface area contributed by atoms with Crippen molar-refractivity contribution >= 4 is 23.3 Å². The number of nitrogens with zero attached hydrogens (tertiary/aromatic N) is 3. The van der Waals surface area contributed by atoms with Gasteiger partial charge in [-0.25, -0.2) is 14.3 Å². The molecule has 8 heteroatoms. The molecule has 0 unspecified atom stereocenters. The van der Waals surface area contributed by atoms with E-state index in [9.17, 15) is 9.59 Å². The van der Waals surface area contributed by atoms with Crippen molar-refractivity contribution in [1.82, 2.24) is 19.9 Å². The summed E-state index contributed by atoms with van der Waals surface area (Å²) in [7, 11) is 0. The van der Waals surface area contributed by atoms with Crippen LogP contribution in [0.2, 0.25) is 0 Å². The van der Waals surface area contributed by atoms with Crippen molar-refractivity contribution in [1.29, 1.82) is 0 Å². The second-order valence-corrected chi connectivity index (χ2v) is 8.68. The molecule has 0 aliphatic rings. The standard InChI is InChI=1S/C24H31N5O3/c1-5-6-13-25-21-11-12-22-26-16-19(29(22)28-21)20(30)14-17-7-9-18(10-8-17)15-27-23(31)32-24(2,3)4/h7-12,16H,5-6,13-15H2,1-4H3,(H,25,28)(H,27,31). The molecule has 0 aliphatic heterocycles. The number of ether oxygens (including phenoxy) is 1. The third-order valence-corrected chi connectivity index (χ3v) is 4.71. The highest BCUT2D eigenvalue weighted by Crippen LogP contribution is 2.13. The van der Waals surface area contributed by atoms with Gasteiger partial charge in [0.25, 0.3) is 0 Å². The molecule has 0 saturated heterocycles. The molecule has 3 rings (SSSR count). The van der Waals surface area contributed by atoms with Crippen molar-refractivity contribution in [2.75, 3.05) is 11.9 Å². The molecule has 1 aromatic carbocycles. The zero-order valence-electron chi connectivity index (χ0n) is 19.1. The highest BCUT2D eigenvalue weighted by atomic mass is 16.6. The molecule has 0 bridgehead atoms. The van der Waals surface area contributed by atoms with Crippen LogP contribution in [0, 0.1) is 0 Å². The molecule has 0 radical (unpaired) electrons. The normalized spacial score (nSPS) is 11.4. The number of Topliss-reactive ketones (excluding diaryl/α,β-unsaturated/α-hetero) is 1. The maximum absolute atomic E-state index is 12.9. The van der Waals surface area contributed by atoms with Gasteiger partial charge in [-0.3, -0.25) is 4.79 Å². The highest BCUT2D eigenvalue weighted by Gasteiger charge is 2.16. The molecule has 1 amide bonds. The lowest BCUT2D eigenvalue weighted by molar-refractivity contribution is 0.0523. The fraction of sp³-hybridized carbons (Fsp3) is 0.417. The van der Waals surface area contributed by atoms with Gasteiger partial charge in [0.1, 0.15) is 17.1 Å². The number of ketones is 1. The molecule has 32 heavy (non-hydrogen) atoms. The summed E-state index contributed by atoms with van der Waals surface area (Å²) in [5.41, 5.74) is 2.36. The first-order chi connectivity index (χ1) is 15.2. The number of nitrogens with one attached hydrogen (secondary N) is 2. The van der Waals surface area contributed by atoms with Gasteiger partial charge in [0.05, 0.1) is 6.20 Å². The fourth-order valence-corrected chi connectivity index (χ4v) is 3.09. The average molecular weight is 438 g/mol. The Hall–Kier alpha value is -3.42. The summed E-state index contributed by atoms with van der Waals surface area (Å²) >= 11 is 0. The van der Waals surface area contributed by atoms with Crippen molar-refractivity contribution < 1.29 is 14.3 Å². The van der Waals surface area contributed by atoms with E-state index in [2.05, 4.69) is 27.6 Å². The number of fused-ring (bicyclic) bond motifs is 1. The minimum absolute atomic E-state index is 0.0599. The molecule has 0 aliphatic carbocycles. The SMILES string of the molecule is CCCCNc1ccc2ncc(C(=O)Cc3ccc(CNC(=O)OC(C)(C)C)cc3)n2n1. The number of benzene rings is 1. The van der Waals surface area contributed by atoms with Crippen LogP contribution in [0.1, 0.15) is 62.2 Å². The number of alkyl carbamates (subject to hydrolysis) is 1. The molecule has 8 nitrogen and oxygen atoms in total. The minimum atomic E-state index is -0.534. The van der Waals surface area contributed by atoms with E-state index in [0.29, 0.717) is 17.9 Å². The minimum Gasteiger partial charge on any atom is -0.444 e. The second-order valence-electron chi connectivity index (χ2n) is 8.68. The van der Waals surface area contributed by atoms with E-state index in [-0.39, 0.29) is 12.2 Å². The molecule has 2 heterocycles. The average Bonchev–Trinajstić information content (AvgIpc) is 3.16. The largest absolute Gasteiger partial charge is 0.444 e. The Labute approximate surface area is 188 Å². The summed E-state index contributed by atoms with van der Waals surface area (Å²) in [6.07, 6.45) is 3.50. The zero-order chi connectivity index (χ0) is 23.1. The molecule has 2 N–H and O–H groups in total. The molecule has 0 atom stereocenters. The van der Waals surface area contributed by atoms with Crippen molar-refractivity contribution in [2.24, 2.45) is 0 Å². The maximum Gasteiger partial charge on any atom is 0.407 e. The van der Waals surface area contributed by atoms with Crippen LogP contribution in [0.5, 0.6) is 0 Å². The van der Waals surface area contributed by atoms with Crippen LogP contribution < -0.4 is 10.6 Å². The molecule has 0 spiro atoms. The van der Waals surface area contributed by atoms with E-state index in [1.165, 1.54) is 0 Å². The number of anilines is 1. The Kier molecular flexibility index (Phi) is 7.45. The summed E-state index contributed by atoms with van der Waals surface area (Å²) in [4.78, 5) is 29.0. The van der Waals surface area contributed by atoms with Crippen molar-refractivity contribution in [3.8, 4) is 0 Å². The number of amides is 1. The van der Waals surface area contributed by atoms with Crippen molar-refractivity contribution in [3.05, 3.63) is 59.4 Å². The quantitative estimate of drug-likeness (QED) is 0.381. The van der Waals surface area contributed by atoms with Crippen LogP contribution in [-0.4, -0.2) is 38.6 Å². The molecule has 0 fully saturated rings. The Morgan fingerprint density at radius 2 is 1.78 bits per heavy atom. The lowest BCUT2D eigenvalue weighted by Crippen LogP contribution is -2.32. The number of hydrogen-bond donors (Lipinski definition) is 2. The first-order valence-corrected chi connectivity index (χ1v) is 10.9. The Bertz CT molecular complexity index is 1070. The number of imidazole rings is 1. The van der Waals surface area contributed by atoms with E-state index in [1.807, 2.05) is 57.2 Å². The lowest BCUT2D eigenvalue weighted by Gasteiger charge is -2.19. The van der Waals surface area contributed by atoms with E-state index < -0.39 is 11.7 Å². The van der Waals surface area contributed by atoms with Gasteiger partial charge in [0, 0.05) is 19.5 Å². The number of hydrogen-bond acceptors (Lipinski definition) is 6. The van der Waals surface area contributed by atoms with Crippen LogP contribution in [0.15, 0.2) is 42.6 Å². The highest BCUT2D eigenvalue weighted by molar-refractivity contribution is 5.96. The molecular formula is C24H31N5O3. The summed E-state index contributed by atoms with van der Waals surface area (Å²) in [5, 5.41) is 10.5. The third kappa shape index (κ3) is 6.54. The molecule has 2 aromatic heterocycles. The molecule has 3 aromatic rings. The zero-order valence-corrected chi connectivity index (χ0v) is 19.1. The van der Waals surface area contributed by atoms with Gasteiger partial charge >= 0.3 is 6.09 Å². The van der Waals surface area contributed by atoms with Crippen molar-refractivity contribution in [2.45, 2.75) is 59.1 Å². The Balaban J connectivity index is 1.61. The van der Waals surface area contributed by atoms with Gasteiger partial charge in [-0.1, -0.05) is 37.6 Å². The van der Waals surface area contributed by atoms with E-state index >= 15 is 0 Å². The number of unbranched alkanes of at least 4 members (excludes halogenated alkanes) is 1. The van der Waals surface area contributed by atoms with Crippen LogP contribution >= 0.6 is 0 Å². The number of aromatic nitrogens is 3. The van der Waals surface area contributed by atoms with E-state index in [0.717, 1.165) is 36.3 Å². The van der Waals surface area contributed by atoms with Crippen LogP contribution in [0.25, 0.3) is 5.65 Å². The van der Waals surface area contributed by atoms with Gasteiger partial charge in [-0.15, -0.1) is 5.10 Å². The molecule has 0 saturated carbocycles. The smallest absolute Gasteiger partial charge is 0.407 e. The van der Waals surface area contributed by atoms with E-state index in [4.69, 9.17) is 4.74 Å². The van der Waals surface area contributed by atoms with Crippen LogP contribution in [0.3, 0.4) is 0 Å². The Morgan fingerprint density at radius 1 is 1.06 bits per heavy atom. The van der Waals surface area contributed by atoms with Crippen LogP contribution in [-0.2, 0) is 17.7 Å². The van der Waals surface area contributed by atoms with Gasteiger partial charge in [0.15, 0.2) is 11.4 Å². The van der Waals surface area contributed by atoms with Gasteiger partial charge in [-0.2, -0.15) is 0 Å². The van der Waals surface area contributed by atoms with Gasteiger partial charge in [0.2, 0.25) is 0 Å². The first-order valence-electron chi connectivity index (χ1n) is 10.9. The monoisotopic (exact) mass is 437 g/mol. The summed E-state index contributed by atoms with van der Waals surface area (Å²) in [6.45, 7) is 8.79. The van der Waals surface area contributed by atoms with E-state index in [1.54, 1.807) is 10.7 Å². The summed E-state index contributed by atoms with van der Waals surface area (Å²) in [5.74, 6) is 0.662. The lowest BCUT2D eigenvalue weighted by atomic mass is 10.1. The number of rotatable bonds is 9. The Morgan fingerprint density at radius 3 is 2.47 bits per heavy atom. The number of carbonyl (C=O) groups is 2. The second kappa shape index (κ2) is 10.3. The fourth-order valence-electron chi connectivity index (χ4n) is 3.09. The first kappa shape index (κ1) is 23.2. The summed E-state index contributed by atoms with van der Waals surface area (Å²) in [6, 6.07) is 11.3. The predicted octanol–water partition coefficient (Wildman–Crippen LogP) is 4.39. The number of carbonyl (C=O) groups excluding carboxylic acids is 2. The van der Waals surface area contributed by atoms with Gasteiger partial charge < -0.3 is 15.4 Å². The predicted molar refractivity (Wildman–Crippen MR) is 124 cm³/mol.